The predicted octanol–water partition coefficient (Wildman–Crippen LogP) is 2.97. The predicted molar refractivity (Wildman–Crippen MR) is 63.4 cm³/mol. The summed E-state index contributed by atoms with van der Waals surface area (Å²) in [5, 5.41) is 0. The van der Waals surface area contributed by atoms with Crippen molar-refractivity contribution in [1.82, 2.24) is 0 Å². The van der Waals surface area contributed by atoms with Crippen LogP contribution < -0.4 is 0 Å². The van der Waals surface area contributed by atoms with E-state index in [2.05, 4.69) is 32.0 Å². The highest BCUT2D eigenvalue weighted by atomic mass is 16.5. The van der Waals surface area contributed by atoms with Gasteiger partial charge in [-0.3, -0.25) is 4.79 Å². The number of carbonyl (C=O) groups is 1. The van der Waals surface area contributed by atoms with E-state index < -0.39 is 0 Å². The molecule has 1 unspecified atom stereocenters. The van der Waals surface area contributed by atoms with Crippen LogP contribution in [0.2, 0.25) is 0 Å². The molecule has 1 aliphatic rings. The maximum Gasteiger partial charge on any atom is 0.313 e. The molecule has 1 aliphatic carbocycles. The van der Waals surface area contributed by atoms with E-state index in [1.54, 1.807) is 0 Å². The average Bonchev–Trinajstić information content (AvgIpc) is 3.05. The van der Waals surface area contributed by atoms with Gasteiger partial charge in [0.25, 0.3) is 0 Å². The van der Waals surface area contributed by atoms with E-state index in [9.17, 15) is 4.79 Å². The summed E-state index contributed by atoms with van der Waals surface area (Å²) in [6.45, 7) is 4.14. The van der Waals surface area contributed by atoms with Crippen LogP contribution in [-0.2, 0) is 9.53 Å². The molecule has 0 amide bonds. The van der Waals surface area contributed by atoms with Crippen molar-refractivity contribution in [2.45, 2.75) is 32.6 Å². The lowest BCUT2D eigenvalue weighted by Gasteiger charge is -2.17. The van der Waals surface area contributed by atoms with Crippen LogP contribution in [0.15, 0.2) is 18.2 Å². The first-order valence-corrected chi connectivity index (χ1v) is 5.78. The van der Waals surface area contributed by atoms with Crippen LogP contribution in [0.4, 0.5) is 0 Å². The van der Waals surface area contributed by atoms with Crippen LogP contribution >= 0.6 is 0 Å². The van der Waals surface area contributed by atoms with Crippen molar-refractivity contribution >= 4 is 5.97 Å². The highest BCUT2D eigenvalue weighted by Crippen LogP contribution is 2.44. The third-order valence-electron chi connectivity index (χ3n) is 3.31. The largest absolute Gasteiger partial charge is 0.469 e. The standard InChI is InChI=1S/C14H18O2/c1-9-4-7-12(10(2)8-9)13(11-5-6-11)14(15)16-3/h4,7-8,11,13H,5-6H2,1-3H3. The summed E-state index contributed by atoms with van der Waals surface area (Å²) in [4.78, 5) is 11.8. The number of hydrogen-bond acceptors (Lipinski definition) is 2. The Labute approximate surface area is 96.6 Å². The van der Waals surface area contributed by atoms with Crippen LogP contribution in [0, 0.1) is 19.8 Å². The number of hydrogen-bond donors (Lipinski definition) is 0. The lowest BCUT2D eigenvalue weighted by atomic mass is 9.90. The second kappa shape index (κ2) is 4.28. The quantitative estimate of drug-likeness (QED) is 0.729. The maximum atomic E-state index is 11.8. The maximum absolute atomic E-state index is 11.8. The second-order valence-electron chi connectivity index (χ2n) is 4.70. The molecular formula is C14H18O2. The topological polar surface area (TPSA) is 26.3 Å². The molecule has 16 heavy (non-hydrogen) atoms. The molecule has 0 aliphatic heterocycles. The normalized spacial score (nSPS) is 16.9. The summed E-state index contributed by atoms with van der Waals surface area (Å²) >= 11 is 0. The molecule has 1 aromatic rings. The molecule has 2 rings (SSSR count). The molecule has 2 nitrogen and oxygen atoms in total. The van der Waals surface area contributed by atoms with Crippen LogP contribution in [-0.4, -0.2) is 13.1 Å². The summed E-state index contributed by atoms with van der Waals surface area (Å²) in [5.41, 5.74) is 3.57. The van der Waals surface area contributed by atoms with Crippen LogP contribution in [0.1, 0.15) is 35.4 Å². The van der Waals surface area contributed by atoms with Gasteiger partial charge in [0, 0.05) is 0 Å². The number of methoxy groups -OCH3 is 1. The summed E-state index contributed by atoms with van der Waals surface area (Å²) in [7, 11) is 1.47. The van der Waals surface area contributed by atoms with Gasteiger partial charge in [-0.2, -0.15) is 0 Å². The Bertz CT molecular complexity index is 405. The van der Waals surface area contributed by atoms with E-state index in [0.717, 1.165) is 18.4 Å². The minimum Gasteiger partial charge on any atom is -0.469 e. The minimum atomic E-state index is -0.0885. The van der Waals surface area contributed by atoms with Gasteiger partial charge in [-0.15, -0.1) is 0 Å². The van der Waals surface area contributed by atoms with Gasteiger partial charge in [0.1, 0.15) is 0 Å². The van der Waals surface area contributed by atoms with E-state index in [4.69, 9.17) is 4.74 Å². The fourth-order valence-electron chi connectivity index (χ4n) is 2.30. The van der Waals surface area contributed by atoms with Gasteiger partial charge in [0.15, 0.2) is 0 Å². The van der Waals surface area contributed by atoms with E-state index in [-0.39, 0.29) is 11.9 Å². The van der Waals surface area contributed by atoms with Crippen molar-refractivity contribution in [3.63, 3.8) is 0 Å². The van der Waals surface area contributed by atoms with E-state index in [1.165, 1.54) is 18.2 Å². The molecule has 0 spiro atoms. The molecule has 2 heteroatoms. The van der Waals surface area contributed by atoms with Crippen molar-refractivity contribution in [1.29, 1.82) is 0 Å². The zero-order valence-corrected chi connectivity index (χ0v) is 10.1. The lowest BCUT2D eigenvalue weighted by Crippen LogP contribution is -2.17. The smallest absolute Gasteiger partial charge is 0.313 e. The van der Waals surface area contributed by atoms with Crippen molar-refractivity contribution < 1.29 is 9.53 Å². The van der Waals surface area contributed by atoms with Gasteiger partial charge >= 0.3 is 5.97 Å². The van der Waals surface area contributed by atoms with Gasteiger partial charge in [-0.25, -0.2) is 0 Å². The van der Waals surface area contributed by atoms with E-state index in [1.807, 2.05) is 0 Å². The summed E-state index contributed by atoms with van der Waals surface area (Å²) < 4.78 is 4.91. The fourth-order valence-corrected chi connectivity index (χ4v) is 2.30. The summed E-state index contributed by atoms with van der Waals surface area (Å²) in [6.07, 6.45) is 2.29. The Kier molecular flexibility index (Phi) is 2.99. The van der Waals surface area contributed by atoms with Gasteiger partial charge in [-0.1, -0.05) is 23.8 Å². The molecule has 0 radical (unpaired) electrons. The minimum absolute atomic E-state index is 0.0504. The molecule has 1 saturated carbocycles. The summed E-state index contributed by atoms with van der Waals surface area (Å²) in [5.74, 6) is 0.355. The molecular weight excluding hydrogens is 200 g/mol. The van der Waals surface area contributed by atoms with E-state index in [0.29, 0.717) is 5.92 Å². The number of benzene rings is 1. The number of carbonyl (C=O) groups excluding carboxylic acids is 1. The zero-order chi connectivity index (χ0) is 11.7. The van der Waals surface area contributed by atoms with Crippen LogP contribution in [0.5, 0.6) is 0 Å². The molecule has 0 saturated heterocycles. The monoisotopic (exact) mass is 218 g/mol. The van der Waals surface area contributed by atoms with Gasteiger partial charge in [0.05, 0.1) is 13.0 Å². The number of aryl methyl sites for hydroxylation is 2. The van der Waals surface area contributed by atoms with E-state index >= 15 is 0 Å². The third kappa shape index (κ3) is 2.11. The van der Waals surface area contributed by atoms with Crippen molar-refractivity contribution in [2.24, 2.45) is 5.92 Å². The third-order valence-corrected chi connectivity index (χ3v) is 3.31. The van der Waals surface area contributed by atoms with Crippen molar-refractivity contribution in [2.75, 3.05) is 7.11 Å². The Morgan fingerprint density at radius 2 is 2.06 bits per heavy atom. The van der Waals surface area contributed by atoms with Crippen molar-refractivity contribution in [3.8, 4) is 0 Å². The Morgan fingerprint density at radius 1 is 1.38 bits per heavy atom. The molecule has 0 aromatic heterocycles. The number of ether oxygens (including phenoxy) is 1. The van der Waals surface area contributed by atoms with Crippen LogP contribution in [0.3, 0.4) is 0 Å². The Morgan fingerprint density at radius 3 is 2.56 bits per heavy atom. The fraction of sp³-hybridized carbons (Fsp3) is 0.500. The molecule has 86 valence electrons. The van der Waals surface area contributed by atoms with Crippen LogP contribution in [0.25, 0.3) is 0 Å². The number of rotatable bonds is 3. The highest BCUT2D eigenvalue weighted by Gasteiger charge is 2.38. The zero-order valence-electron chi connectivity index (χ0n) is 10.1. The SMILES string of the molecule is COC(=O)C(c1ccc(C)cc1C)C1CC1. The second-order valence-corrected chi connectivity index (χ2v) is 4.70. The molecule has 0 N–H and O–H groups in total. The van der Waals surface area contributed by atoms with Gasteiger partial charge in [0.2, 0.25) is 0 Å². The first-order valence-electron chi connectivity index (χ1n) is 5.78. The molecule has 0 bridgehead atoms. The Balaban J connectivity index is 2.34. The van der Waals surface area contributed by atoms with Gasteiger partial charge in [-0.05, 0) is 43.7 Å². The average molecular weight is 218 g/mol. The lowest BCUT2D eigenvalue weighted by molar-refractivity contribution is -0.143. The molecule has 1 aromatic carbocycles. The first-order chi connectivity index (χ1) is 7.63. The first kappa shape index (κ1) is 11.2. The summed E-state index contributed by atoms with van der Waals surface area (Å²) in [6, 6.07) is 6.28. The highest BCUT2D eigenvalue weighted by molar-refractivity contribution is 5.79. The number of esters is 1. The molecule has 1 fully saturated rings. The van der Waals surface area contributed by atoms with Gasteiger partial charge < -0.3 is 4.74 Å². The van der Waals surface area contributed by atoms with Crippen molar-refractivity contribution in [3.05, 3.63) is 34.9 Å². The molecule has 0 heterocycles. The Hall–Kier alpha value is -1.31. The molecule has 1 atom stereocenters.